The summed E-state index contributed by atoms with van der Waals surface area (Å²) in [5, 5.41) is 4.60. The highest BCUT2D eigenvalue weighted by Crippen LogP contribution is 2.27. The number of carbonyl (C=O) groups excluding carboxylic acids is 1. The van der Waals surface area contributed by atoms with Crippen LogP contribution in [0.5, 0.6) is 0 Å². The Bertz CT molecular complexity index is 1030. The molecule has 0 atom stereocenters. The number of rotatable bonds is 4. The molecule has 0 unspecified atom stereocenters. The summed E-state index contributed by atoms with van der Waals surface area (Å²) in [6.07, 6.45) is 2.72. The van der Waals surface area contributed by atoms with Gasteiger partial charge in [-0.25, -0.2) is 4.39 Å². The number of aromatic amines is 1. The maximum Gasteiger partial charge on any atom is 0.261 e. The zero-order chi connectivity index (χ0) is 16.5. The van der Waals surface area contributed by atoms with Gasteiger partial charge in [-0.15, -0.1) is 11.3 Å². The molecule has 0 radical (unpaired) electrons. The summed E-state index contributed by atoms with van der Waals surface area (Å²) >= 11 is 1.31. The number of carbonyl (C=O) groups is 1. The molecule has 2 aromatic carbocycles. The number of halogens is 1. The first-order chi connectivity index (χ1) is 11.7. The molecule has 120 valence electrons. The zero-order valence-electron chi connectivity index (χ0n) is 12.8. The van der Waals surface area contributed by atoms with E-state index < -0.39 is 0 Å². The van der Waals surface area contributed by atoms with E-state index in [9.17, 15) is 9.18 Å². The topological polar surface area (TPSA) is 44.9 Å². The average molecular weight is 338 g/mol. The first-order valence-corrected chi connectivity index (χ1v) is 8.55. The first-order valence-electron chi connectivity index (χ1n) is 7.73. The highest BCUT2D eigenvalue weighted by molar-refractivity contribution is 7.20. The summed E-state index contributed by atoms with van der Waals surface area (Å²) in [7, 11) is 0. The van der Waals surface area contributed by atoms with Gasteiger partial charge < -0.3 is 10.3 Å². The Hall–Kier alpha value is -2.66. The molecule has 4 aromatic rings. The van der Waals surface area contributed by atoms with Gasteiger partial charge in [0.2, 0.25) is 0 Å². The molecule has 5 heteroatoms. The molecule has 4 rings (SSSR count). The number of nitrogens with one attached hydrogen (secondary N) is 2. The molecule has 0 aliphatic rings. The molecular formula is C19H15FN2OS. The van der Waals surface area contributed by atoms with Crippen molar-refractivity contribution >= 4 is 38.2 Å². The van der Waals surface area contributed by atoms with Crippen molar-refractivity contribution in [2.24, 2.45) is 0 Å². The van der Waals surface area contributed by atoms with Gasteiger partial charge in [-0.3, -0.25) is 4.79 Å². The molecule has 0 spiro atoms. The summed E-state index contributed by atoms with van der Waals surface area (Å²) in [5.41, 5.74) is 2.27. The van der Waals surface area contributed by atoms with Crippen molar-refractivity contribution in [1.82, 2.24) is 10.3 Å². The molecule has 2 aromatic heterocycles. The predicted molar refractivity (Wildman–Crippen MR) is 96.1 cm³/mol. The van der Waals surface area contributed by atoms with Gasteiger partial charge in [-0.1, -0.05) is 24.3 Å². The standard InChI is InChI=1S/C19H15FN2OS/c20-15-5-3-7-17-14(15)10-18(24-17)19(23)21-9-8-12-11-22-16-6-2-1-4-13(12)16/h1-7,10-11,22H,8-9H2,(H,21,23). The van der Waals surface area contributed by atoms with Gasteiger partial charge in [0.05, 0.1) is 4.88 Å². The van der Waals surface area contributed by atoms with Crippen molar-refractivity contribution in [3.8, 4) is 0 Å². The van der Waals surface area contributed by atoms with E-state index in [4.69, 9.17) is 0 Å². The van der Waals surface area contributed by atoms with E-state index in [1.807, 2.05) is 30.5 Å². The lowest BCUT2D eigenvalue weighted by molar-refractivity contribution is 0.0958. The number of amides is 1. The van der Waals surface area contributed by atoms with Gasteiger partial charge in [-0.05, 0) is 36.2 Å². The van der Waals surface area contributed by atoms with Crippen molar-refractivity contribution in [2.45, 2.75) is 6.42 Å². The molecule has 24 heavy (non-hydrogen) atoms. The van der Waals surface area contributed by atoms with Crippen LogP contribution in [0, 0.1) is 5.82 Å². The van der Waals surface area contributed by atoms with E-state index in [1.54, 1.807) is 12.1 Å². The minimum Gasteiger partial charge on any atom is -0.361 e. The number of hydrogen-bond donors (Lipinski definition) is 2. The van der Waals surface area contributed by atoms with Gasteiger partial charge >= 0.3 is 0 Å². The lowest BCUT2D eigenvalue weighted by Crippen LogP contribution is -2.24. The predicted octanol–water partition coefficient (Wildman–Crippen LogP) is 4.49. The second-order valence-electron chi connectivity index (χ2n) is 5.63. The van der Waals surface area contributed by atoms with Crippen LogP contribution in [0.1, 0.15) is 15.2 Å². The number of thiophene rings is 1. The molecule has 2 N–H and O–H groups in total. The summed E-state index contributed by atoms with van der Waals surface area (Å²) in [4.78, 5) is 16.1. The van der Waals surface area contributed by atoms with Crippen molar-refractivity contribution in [3.63, 3.8) is 0 Å². The van der Waals surface area contributed by atoms with Gasteiger partial charge in [0.15, 0.2) is 0 Å². The van der Waals surface area contributed by atoms with Crippen molar-refractivity contribution < 1.29 is 9.18 Å². The second kappa shape index (κ2) is 6.09. The van der Waals surface area contributed by atoms with Gasteiger partial charge in [0.25, 0.3) is 5.91 Å². The molecule has 2 heterocycles. The Labute approximate surface area is 142 Å². The smallest absolute Gasteiger partial charge is 0.261 e. The largest absolute Gasteiger partial charge is 0.361 e. The highest BCUT2D eigenvalue weighted by Gasteiger charge is 2.12. The van der Waals surface area contributed by atoms with Crippen LogP contribution in [0.4, 0.5) is 4.39 Å². The monoisotopic (exact) mass is 338 g/mol. The van der Waals surface area contributed by atoms with Gasteiger partial charge in [0, 0.05) is 33.7 Å². The van der Waals surface area contributed by atoms with Crippen LogP contribution in [0.25, 0.3) is 21.0 Å². The lowest BCUT2D eigenvalue weighted by Gasteiger charge is -2.03. The molecule has 0 saturated heterocycles. The van der Waals surface area contributed by atoms with Gasteiger partial charge in [0.1, 0.15) is 5.82 Å². The van der Waals surface area contributed by atoms with E-state index in [0.29, 0.717) is 16.8 Å². The normalized spacial score (nSPS) is 11.2. The fourth-order valence-corrected chi connectivity index (χ4v) is 3.87. The van der Waals surface area contributed by atoms with E-state index >= 15 is 0 Å². The third kappa shape index (κ3) is 2.67. The highest BCUT2D eigenvalue weighted by atomic mass is 32.1. The molecule has 0 saturated carbocycles. The number of benzene rings is 2. The van der Waals surface area contributed by atoms with E-state index in [-0.39, 0.29) is 11.7 Å². The molecule has 0 bridgehead atoms. The first kappa shape index (κ1) is 14.9. The fraction of sp³-hybridized carbons (Fsp3) is 0.105. The van der Waals surface area contributed by atoms with Crippen molar-refractivity contribution in [1.29, 1.82) is 0 Å². The number of H-pyrrole nitrogens is 1. The Morgan fingerprint density at radius 2 is 2.00 bits per heavy atom. The molecule has 1 amide bonds. The van der Waals surface area contributed by atoms with Crippen LogP contribution >= 0.6 is 11.3 Å². The Kier molecular flexibility index (Phi) is 3.78. The third-order valence-electron chi connectivity index (χ3n) is 4.09. The Morgan fingerprint density at radius 3 is 2.88 bits per heavy atom. The van der Waals surface area contributed by atoms with Crippen LogP contribution in [0.3, 0.4) is 0 Å². The zero-order valence-corrected chi connectivity index (χ0v) is 13.6. The molecule has 3 nitrogen and oxygen atoms in total. The minimum absolute atomic E-state index is 0.157. The minimum atomic E-state index is -0.290. The van der Waals surface area contributed by atoms with Gasteiger partial charge in [-0.2, -0.15) is 0 Å². The number of aromatic nitrogens is 1. The molecule has 0 aliphatic carbocycles. The fourth-order valence-electron chi connectivity index (χ4n) is 2.87. The lowest BCUT2D eigenvalue weighted by atomic mass is 10.1. The third-order valence-corrected chi connectivity index (χ3v) is 5.19. The molecule has 0 aliphatic heterocycles. The Balaban J connectivity index is 1.45. The van der Waals surface area contributed by atoms with Crippen LogP contribution in [0.15, 0.2) is 54.7 Å². The van der Waals surface area contributed by atoms with E-state index in [2.05, 4.69) is 16.4 Å². The summed E-state index contributed by atoms with van der Waals surface area (Å²) in [5.74, 6) is -0.447. The summed E-state index contributed by atoms with van der Waals surface area (Å²) in [6.45, 7) is 0.539. The maximum atomic E-state index is 13.7. The van der Waals surface area contributed by atoms with Crippen LogP contribution < -0.4 is 5.32 Å². The molecular weight excluding hydrogens is 323 g/mol. The van der Waals surface area contributed by atoms with Crippen molar-refractivity contribution in [3.05, 3.63) is 71.0 Å². The average Bonchev–Trinajstić information content (AvgIpc) is 3.20. The van der Waals surface area contributed by atoms with Crippen LogP contribution in [-0.4, -0.2) is 17.4 Å². The number of hydrogen-bond acceptors (Lipinski definition) is 2. The maximum absolute atomic E-state index is 13.7. The second-order valence-corrected chi connectivity index (χ2v) is 6.71. The number of fused-ring (bicyclic) bond motifs is 2. The van der Waals surface area contributed by atoms with E-state index in [0.717, 1.165) is 16.6 Å². The summed E-state index contributed by atoms with van der Waals surface area (Å²) in [6, 6.07) is 14.6. The van der Waals surface area contributed by atoms with Crippen LogP contribution in [0.2, 0.25) is 0 Å². The quantitative estimate of drug-likeness (QED) is 0.565. The van der Waals surface area contributed by atoms with E-state index in [1.165, 1.54) is 28.4 Å². The Morgan fingerprint density at radius 1 is 1.12 bits per heavy atom. The van der Waals surface area contributed by atoms with Crippen molar-refractivity contribution in [2.75, 3.05) is 6.54 Å². The van der Waals surface area contributed by atoms with Crippen LogP contribution in [-0.2, 0) is 6.42 Å². The SMILES string of the molecule is O=C(NCCc1c[nH]c2ccccc12)c1cc2c(F)cccc2s1. The molecule has 0 fully saturated rings. The summed E-state index contributed by atoms with van der Waals surface area (Å²) < 4.78 is 14.5. The number of para-hydroxylation sites is 1.